The molecule has 9 heteroatoms. The largest absolute Gasteiger partial charge is 0.333 e. The van der Waals surface area contributed by atoms with E-state index in [0.29, 0.717) is 12.1 Å². The number of hydrogen-bond donors (Lipinski definition) is 2. The lowest BCUT2D eigenvalue weighted by molar-refractivity contribution is 0.256. The molecule has 2 aromatic rings. The van der Waals surface area contributed by atoms with Crippen molar-refractivity contribution in [1.29, 1.82) is 0 Å². The van der Waals surface area contributed by atoms with Crippen molar-refractivity contribution < 1.29 is 26.4 Å². The molecule has 2 aromatic carbocycles. The molecule has 2 rings (SSSR count). The number of anilines is 1. The van der Waals surface area contributed by atoms with Crippen molar-refractivity contribution in [2.24, 2.45) is 0 Å². The van der Waals surface area contributed by atoms with Crippen LogP contribution in [0.3, 0.4) is 0 Å². The second-order valence-corrected chi connectivity index (χ2v) is 6.31. The fraction of sp³-hybridized carbons (Fsp3) is 0.0714. The fourth-order valence-electron chi connectivity index (χ4n) is 1.68. The first-order valence-electron chi connectivity index (χ1n) is 6.24. The molecule has 0 unspecified atom stereocenters. The Balaban J connectivity index is 2.14. The summed E-state index contributed by atoms with van der Waals surface area (Å²) in [5.74, 6) is -4.72. The molecule has 122 valence electrons. The molecule has 23 heavy (non-hydrogen) atoms. The zero-order valence-corrected chi connectivity index (χ0v) is 12.5. The van der Waals surface area contributed by atoms with Gasteiger partial charge in [0.2, 0.25) is 0 Å². The highest BCUT2D eigenvalue weighted by atomic mass is 32.2. The molecule has 0 aliphatic carbocycles. The van der Waals surface area contributed by atoms with Crippen molar-refractivity contribution in [3.8, 4) is 0 Å². The van der Waals surface area contributed by atoms with Gasteiger partial charge in [0.1, 0.15) is 0 Å². The lowest BCUT2D eigenvalue weighted by Gasteiger charge is -2.09. The van der Waals surface area contributed by atoms with E-state index in [1.54, 1.807) is 11.6 Å². The average Bonchev–Trinajstić information content (AvgIpc) is 2.44. The molecular weight excluding hydrogens is 333 g/mol. The number of urea groups is 1. The number of benzene rings is 2. The molecule has 2 amide bonds. The molecule has 0 atom stereocenters. The molecule has 0 aliphatic heterocycles. The number of halogens is 3. The van der Waals surface area contributed by atoms with Gasteiger partial charge in [-0.3, -0.25) is 0 Å². The molecule has 0 aromatic heterocycles. The highest BCUT2D eigenvalue weighted by molar-refractivity contribution is 7.90. The van der Waals surface area contributed by atoms with Crippen molar-refractivity contribution in [3.05, 3.63) is 59.4 Å². The number of hydrogen-bond acceptors (Lipinski definition) is 3. The van der Waals surface area contributed by atoms with Crippen molar-refractivity contribution in [2.45, 2.75) is 11.8 Å². The minimum absolute atomic E-state index is 0.158. The summed E-state index contributed by atoms with van der Waals surface area (Å²) in [6, 6.07) is 5.47. The minimum atomic E-state index is -4.15. The summed E-state index contributed by atoms with van der Waals surface area (Å²) in [7, 11) is -4.15. The summed E-state index contributed by atoms with van der Waals surface area (Å²) in [5, 5.41) is 1.91. The molecule has 0 spiro atoms. The first kappa shape index (κ1) is 16.8. The average molecular weight is 344 g/mol. The van der Waals surface area contributed by atoms with Gasteiger partial charge in [-0.05, 0) is 19.1 Å². The summed E-state index contributed by atoms with van der Waals surface area (Å²) in [4.78, 5) is 11.5. The number of amides is 2. The molecule has 0 heterocycles. The van der Waals surface area contributed by atoms with Crippen molar-refractivity contribution in [1.82, 2.24) is 4.72 Å². The van der Waals surface area contributed by atoms with Crippen LogP contribution in [0.15, 0.2) is 41.3 Å². The predicted octanol–water partition coefficient (Wildman–Crippen LogP) is 2.92. The Hall–Kier alpha value is -2.55. The van der Waals surface area contributed by atoms with E-state index in [-0.39, 0.29) is 4.90 Å². The van der Waals surface area contributed by atoms with Crippen LogP contribution >= 0.6 is 0 Å². The third-order valence-electron chi connectivity index (χ3n) is 2.80. The Labute approximate surface area is 130 Å². The van der Waals surface area contributed by atoms with Crippen LogP contribution in [0.5, 0.6) is 0 Å². The number of nitrogens with one attached hydrogen (secondary N) is 2. The Bertz CT molecular complexity index is 829. The fourth-order valence-corrected chi connectivity index (χ4v) is 2.59. The predicted molar refractivity (Wildman–Crippen MR) is 76.8 cm³/mol. The van der Waals surface area contributed by atoms with E-state index in [2.05, 4.69) is 0 Å². The molecule has 0 bridgehead atoms. The summed E-state index contributed by atoms with van der Waals surface area (Å²) >= 11 is 0. The second kappa shape index (κ2) is 6.29. The van der Waals surface area contributed by atoms with Crippen LogP contribution in [0.2, 0.25) is 0 Å². The lowest BCUT2D eigenvalue weighted by Crippen LogP contribution is -2.34. The van der Waals surface area contributed by atoms with Gasteiger partial charge in [-0.1, -0.05) is 17.7 Å². The van der Waals surface area contributed by atoms with Gasteiger partial charge in [0.05, 0.1) is 4.90 Å². The van der Waals surface area contributed by atoms with Gasteiger partial charge in [0.15, 0.2) is 17.5 Å². The van der Waals surface area contributed by atoms with Crippen LogP contribution in [0.4, 0.5) is 23.7 Å². The number of sulfonamides is 1. The molecule has 0 radical (unpaired) electrons. The molecule has 0 saturated carbocycles. The van der Waals surface area contributed by atoms with Crippen molar-refractivity contribution >= 4 is 21.7 Å². The lowest BCUT2D eigenvalue weighted by atomic mass is 10.2. The van der Waals surface area contributed by atoms with Gasteiger partial charge in [0, 0.05) is 17.8 Å². The van der Waals surface area contributed by atoms with Gasteiger partial charge in [-0.15, -0.1) is 0 Å². The zero-order valence-electron chi connectivity index (χ0n) is 11.7. The first-order valence-corrected chi connectivity index (χ1v) is 7.72. The summed E-state index contributed by atoms with van der Waals surface area (Å²) in [5.41, 5.74) is 0.392. The van der Waals surface area contributed by atoms with Crippen LogP contribution in [-0.4, -0.2) is 14.4 Å². The third-order valence-corrected chi connectivity index (χ3v) is 4.15. The Morgan fingerprint density at radius 1 is 1.00 bits per heavy atom. The maximum atomic E-state index is 13.0. The van der Waals surface area contributed by atoms with E-state index >= 15 is 0 Å². The van der Waals surface area contributed by atoms with Crippen molar-refractivity contribution in [2.75, 3.05) is 5.32 Å². The SMILES string of the molecule is Cc1ccc(S(=O)(=O)NC(=O)Nc2cc(F)c(F)c(F)c2)cc1. The standard InChI is InChI=1S/C14H11F3N2O3S/c1-8-2-4-10(5-3-8)23(21,22)19-14(20)18-9-6-11(15)13(17)12(16)7-9/h2-7H,1H3,(H2,18,19,20). The zero-order chi connectivity index (χ0) is 17.2. The highest BCUT2D eigenvalue weighted by Gasteiger charge is 2.18. The third kappa shape index (κ3) is 4.01. The summed E-state index contributed by atoms with van der Waals surface area (Å²) in [6.45, 7) is 1.76. The number of aryl methyl sites for hydroxylation is 1. The van der Waals surface area contributed by atoms with Gasteiger partial charge < -0.3 is 5.32 Å². The van der Waals surface area contributed by atoms with E-state index in [1.165, 1.54) is 24.3 Å². The molecule has 0 aliphatic rings. The summed E-state index contributed by atoms with van der Waals surface area (Å²) in [6.07, 6.45) is 0. The highest BCUT2D eigenvalue weighted by Crippen LogP contribution is 2.17. The van der Waals surface area contributed by atoms with Gasteiger partial charge in [-0.25, -0.2) is 31.1 Å². The van der Waals surface area contributed by atoms with Crippen LogP contribution in [0.25, 0.3) is 0 Å². The second-order valence-electron chi connectivity index (χ2n) is 4.63. The maximum absolute atomic E-state index is 13.0. The molecule has 2 N–H and O–H groups in total. The molecular formula is C14H11F3N2O3S. The maximum Gasteiger partial charge on any atom is 0.333 e. The van der Waals surface area contributed by atoms with Gasteiger partial charge >= 0.3 is 6.03 Å². The minimum Gasteiger partial charge on any atom is -0.307 e. The van der Waals surface area contributed by atoms with Crippen LogP contribution in [0, 0.1) is 24.4 Å². The normalized spacial score (nSPS) is 11.1. The Kier molecular flexibility index (Phi) is 4.60. The van der Waals surface area contributed by atoms with E-state index in [0.717, 1.165) is 5.56 Å². The molecule has 0 fully saturated rings. The Morgan fingerprint density at radius 2 is 1.52 bits per heavy atom. The number of carbonyl (C=O) groups is 1. The molecule has 0 saturated heterocycles. The first-order chi connectivity index (χ1) is 10.7. The van der Waals surface area contributed by atoms with Gasteiger partial charge in [-0.2, -0.15) is 0 Å². The van der Waals surface area contributed by atoms with E-state index in [9.17, 15) is 26.4 Å². The summed E-state index contributed by atoms with van der Waals surface area (Å²) < 4.78 is 64.4. The quantitative estimate of drug-likeness (QED) is 0.841. The van der Waals surface area contributed by atoms with Crippen molar-refractivity contribution in [3.63, 3.8) is 0 Å². The van der Waals surface area contributed by atoms with Crippen LogP contribution in [0.1, 0.15) is 5.56 Å². The van der Waals surface area contributed by atoms with Crippen LogP contribution < -0.4 is 10.0 Å². The van der Waals surface area contributed by atoms with E-state index in [4.69, 9.17) is 0 Å². The number of carbonyl (C=O) groups excluding carboxylic acids is 1. The van der Waals surface area contributed by atoms with Gasteiger partial charge in [0.25, 0.3) is 10.0 Å². The number of rotatable bonds is 3. The smallest absolute Gasteiger partial charge is 0.307 e. The van der Waals surface area contributed by atoms with E-state index < -0.39 is 39.2 Å². The van der Waals surface area contributed by atoms with Crippen LogP contribution in [-0.2, 0) is 10.0 Å². The monoisotopic (exact) mass is 344 g/mol. The van der Waals surface area contributed by atoms with E-state index in [1.807, 2.05) is 5.32 Å². The topological polar surface area (TPSA) is 75.3 Å². The molecule has 5 nitrogen and oxygen atoms in total. The Morgan fingerprint density at radius 3 is 2.04 bits per heavy atom.